The van der Waals surface area contributed by atoms with Crippen molar-refractivity contribution in [1.82, 2.24) is 19.9 Å². The van der Waals surface area contributed by atoms with Crippen molar-refractivity contribution in [3.63, 3.8) is 0 Å². The smallest absolute Gasteiger partial charge is 0.657 e. The van der Waals surface area contributed by atoms with Crippen LogP contribution in [-0.4, -0.2) is 38.4 Å². The normalized spacial score (nSPS) is 11.6. The molecule has 0 radical (unpaired) electrons. The SMILES string of the molecule is COc1cccc(-c2c3nc(c(-c4cccc(OC)c4)c4ccc([n-]4)c(-c4cccc(OC)c4)c4nc(c(-c5cccc(OC)c5)c5ccc2[n-]5)C=C4)C=C3)c1.[Ni+2]. The van der Waals surface area contributed by atoms with Gasteiger partial charge in [0.25, 0.3) is 0 Å². The molecule has 0 spiro atoms. The van der Waals surface area contributed by atoms with Crippen LogP contribution in [0.25, 0.3) is 90.9 Å². The summed E-state index contributed by atoms with van der Waals surface area (Å²) in [5, 5.41) is 0. The molecule has 4 aromatic carbocycles. The molecular weight excluding hydrogens is 755 g/mol. The molecule has 0 saturated carbocycles. The van der Waals surface area contributed by atoms with Crippen molar-refractivity contribution in [2.24, 2.45) is 0 Å². The Labute approximate surface area is 340 Å². The molecule has 0 N–H and O–H groups in total. The summed E-state index contributed by atoms with van der Waals surface area (Å²) in [6, 6.07) is 40.2. The van der Waals surface area contributed by atoms with Gasteiger partial charge in [-0.3, -0.25) is 0 Å². The maximum Gasteiger partial charge on any atom is 2.00 e. The van der Waals surface area contributed by atoms with Crippen LogP contribution >= 0.6 is 0 Å². The summed E-state index contributed by atoms with van der Waals surface area (Å²) in [5.74, 6) is 2.94. The predicted octanol–water partition coefficient (Wildman–Crippen LogP) is 10.6. The van der Waals surface area contributed by atoms with Gasteiger partial charge in [-0.1, -0.05) is 72.8 Å². The van der Waals surface area contributed by atoms with Crippen molar-refractivity contribution >= 4 is 46.4 Å². The van der Waals surface area contributed by atoms with Gasteiger partial charge in [0.05, 0.1) is 51.2 Å². The summed E-state index contributed by atoms with van der Waals surface area (Å²) in [7, 11) is 6.69. The maximum absolute atomic E-state index is 5.68. The minimum atomic E-state index is 0. The van der Waals surface area contributed by atoms with Crippen LogP contribution < -0.4 is 28.9 Å². The molecule has 8 nitrogen and oxygen atoms in total. The van der Waals surface area contributed by atoms with E-state index in [9.17, 15) is 0 Å². The van der Waals surface area contributed by atoms with Crippen LogP contribution in [-0.2, 0) is 16.5 Å². The predicted molar refractivity (Wildman–Crippen MR) is 225 cm³/mol. The Bertz CT molecular complexity index is 2510. The van der Waals surface area contributed by atoms with Gasteiger partial charge < -0.3 is 28.9 Å². The van der Waals surface area contributed by atoms with Crippen molar-refractivity contribution in [1.29, 1.82) is 0 Å². The second-order valence-corrected chi connectivity index (χ2v) is 13.3. The van der Waals surface area contributed by atoms with Crippen LogP contribution in [0.2, 0.25) is 0 Å². The van der Waals surface area contributed by atoms with E-state index in [0.29, 0.717) is 0 Å². The van der Waals surface area contributed by atoms with Gasteiger partial charge in [-0.05, 0) is 117 Å². The van der Waals surface area contributed by atoms with Crippen molar-refractivity contribution in [2.45, 2.75) is 0 Å². The van der Waals surface area contributed by atoms with Gasteiger partial charge in [-0.2, -0.15) is 0 Å². The molecule has 0 saturated heterocycles. The van der Waals surface area contributed by atoms with E-state index in [1.54, 1.807) is 28.4 Å². The first kappa shape index (κ1) is 37.1. The molecule has 7 aromatic rings. The van der Waals surface area contributed by atoms with Crippen LogP contribution in [0, 0.1) is 0 Å². The fraction of sp³-hybridized carbons (Fsp3) is 0.0833. The zero-order valence-corrected chi connectivity index (χ0v) is 32.6. The van der Waals surface area contributed by atoms with Gasteiger partial charge in [-0.15, -0.1) is 22.1 Å². The van der Waals surface area contributed by atoms with E-state index in [0.717, 1.165) is 112 Å². The molecule has 8 bridgehead atoms. The van der Waals surface area contributed by atoms with E-state index in [-0.39, 0.29) is 16.5 Å². The number of methoxy groups -OCH3 is 4. The first-order valence-corrected chi connectivity index (χ1v) is 18.2. The second kappa shape index (κ2) is 15.7. The van der Waals surface area contributed by atoms with Crippen molar-refractivity contribution in [3.05, 3.63) is 144 Å². The average Bonchev–Trinajstić information content (AvgIpc) is 4.09. The summed E-state index contributed by atoms with van der Waals surface area (Å²) in [6.45, 7) is 0. The van der Waals surface area contributed by atoms with Crippen LogP contribution in [0.4, 0.5) is 0 Å². The van der Waals surface area contributed by atoms with Crippen LogP contribution in [0.15, 0.2) is 121 Å². The number of aromatic nitrogens is 4. The zero-order chi connectivity index (χ0) is 38.2. The molecule has 9 rings (SSSR count). The molecule has 3 aromatic heterocycles. The molecule has 9 heteroatoms. The second-order valence-electron chi connectivity index (χ2n) is 13.3. The number of hydrogen-bond acceptors (Lipinski definition) is 6. The summed E-state index contributed by atoms with van der Waals surface area (Å²) in [4.78, 5) is 21.4. The van der Waals surface area contributed by atoms with Crippen molar-refractivity contribution in [3.8, 4) is 67.5 Å². The molecule has 0 fully saturated rings. The van der Waals surface area contributed by atoms with E-state index in [1.165, 1.54) is 0 Å². The monoisotopic (exact) mass is 790 g/mol. The molecule has 57 heavy (non-hydrogen) atoms. The number of rotatable bonds is 8. The van der Waals surface area contributed by atoms with Gasteiger partial charge in [0, 0.05) is 0 Å². The first-order valence-electron chi connectivity index (χ1n) is 18.2. The maximum atomic E-state index is 5.68. The summed E-state index contributed by atoms with van der Waals surface area (Å²) in [5.41, 5.74) is 13.2. The number of hydrogen-bond donors (Lipinski definition) is 0. The Morgan fingerprint density at radius 1 is 0.351 bits per heavy atom. The standard InChI is InChI=1S/C48H36N4O4.Ni/c1-53-33-13-5-9-29(25-33)45-37-17-19-39(49-37)46(30-10-6-14-34(26-30)54-2)41-21-23-43(51-41)48(32-12-8-16-36(28-32)56-4)44-24-22-42(52-44)47(40-20-18-38(45)50-40)31-11-7-15-35(27-31)55-3;/h5-28H,1-4H3;/q-2;+2. The quantitative estimate of drug-likeness (QED) is 0.141. The summed E-state index contributed by atoms with van der Waals surface area (Å²) >= 11 is 0. The molecule has 5 heterocycles. The van der Waals surface area contributed by atoms with Gasteiger partial charge in [0.1, 0.15) is 23.0 Å². The molecule has 0 unspecified atom stereocenters. The third-order valence-corrected chi connectivity index (χ3v) is 10.0. The Balaban J connectivity index is 0.00000455. The molecular formula is C48H36N4NiO4. The van der Waals surface area contributed by atoms with Crippen LogP contribution in [0.1, 0.15) is 22.8 Å². The van der Waals surface area contributed by atoms with E-state index in [4.69, 9.17) is 38.9 Å². The molecule has 0 amide bonds. The van der Waals surface area contributed by atoms with Crippen molar-refractivity contribution < 1.29 is 35.4 Å². The fourth-order valence-corrected chi connectivity index (χ4v) is 7.38. The topological polar surface area (TPSA) is 90.9 Å². The molecule has 0 atom stereocenters. The van der Waals surface area contributed by atoms with Crippen molar-refractivity contribution in [2.75, 3.05) is 28.4 Å². The fourth-order valence-electron chi connectivity index (χ4n) is 7.38. The van der Waals surface area contributed by atoms with E-state index in [2.05, 4.69) is 24.3 Å². The number of fused-ring (bicyclic) bond motifs is 8. The van der Waals surface area contributed by atoms with E-state index in [1.807, 2.05) is 121 Å². The van der Waals surface area contributed by atoms with Gasteiger partial charge >= 0.3 is 16.5 Å². The Kier molecular flexibility index (Phi) is 10.2. The summed E-state index contributed by atoms with van der Waals surface area (Å²) in [6.07, 6.45) is 8.19. The zero-order valence-electron chi connectivity index (χ0n) is 31.6. The Hall–Kier alpha value is -6.83. The number of nitrogens with zero attached hydrogens (tertiary/aromatic N) is 4. The molecule has 2 aliphatic rings. The number of ether oxygens (including phenoxy) is 4. The third kappa shape index (κ3) is 6.98. The van der Waals surface area contributed by atoms with Gasteiger partial charge in [0.15, 0.2) is 0 Å². The summed E-state index contributed by atoms with van der Waals surface area (Å²) < 4.78 is 22.7. The first-order chi connectivity index (χ1) is 27.5. The minimum absolute atomic E-state index is 0. The number of benzene rings is 4. The molecule has 0 aliphatic carbocycles. The van der Waals surface area contributed by atoms with Gasteiger partial charge in [0.2, 0.25) is 0 Å². The average molecular weight is 792 g/mol. The van der Waals surface area contributed by atoms with Crippen LogP contribution in [0.3, 0.4) is 0 Å². The largest absolute Gasteiger partial charge is 2.00 e. The third-order valence-electron chi connectivity index (χ3n) is 10.0. The molecule has 2 aliphatic heterocycles. The van der Waals surface area contributed by atoms with E-state index >= 15 is 0 Å². The minimum Gasteiger partial charge on any atom is -0.657 e. The molecule has 282 valence electrons. The van der Waals surface area contributed by atoms with E-state index < -0.39 is 0 Å². The Morgan fingerprint density at radius 2 is 0.596 bits per heavy atom. The Morgan fingerprint density at radius 3 is 0.825 bits per heavy atom. The van der Waals surface area contributed by atoms with Gasteiger partial charge in [-0.25, -0.2) is 9.97 Å². The van der Waals surface area contributed by atoms with Crippen LogP contribution in [0.5, 0.6) is 23.0 Å².